The molecule has 0 radical (unpaired) electrons. The fraction of sp³-hybridized carbons (Fsp3) is 1.00. The fourth-order valence-corrected chi connectivity index (χ4v) is 1.24. The number of sulfone groups is 1. The molecule has 0 N–H and O–H groups in total. The maximum Gasteiger partial charge on any atom is 0.343 e. The molecule has 0 heterocycles. The van der Waals surface area contributed by atoms with Crippen LogP contribution in [0.15, 0.2) is 0 Å². The lowest BCUT2D eigenvalue weighted by Gasteiger charge is -2.13. The zero-order chi connectivity index (χ0) is 8.58. The van der Waals surface area contributed by atoms with Crippen LogP contribution in [0.1, 0.15) is 20.8 Å². The van der Waals surface area contributed by atoms with E-state index in [9.17, 15) is 17.2 Å². The summed E-state index contributed by atoms with van der Waals surface area (Å²) in [4.78, 5) is 0. The number of rotatable bonds is 2. The van der Waals surface area contributed by atoms with Crippen molar-refractivity contribution >= 4 is 9.84 Å². The minimum absolute atomic E-state index is 0.391. The lowest BCUT2D eigenvalue weighted by atomic mass is 10.6. The molecule has 0 atom stereocenters. The van der Waals surface area contributed by atoms with Gasteiger partial charge in [0.25, 0.3) is 0 Å². The standard InChI is InChI=1S/C5H10F2O2S/c1-4(2)10(8,9)5(3,6)7/h4H,1-3H3. The first-order valence-corrected chi connectivity index (χ1v) is 4.35. The third-order valence-electron chi connectivity index (χ3n) is 1.12. The van der Waals surface area contributed by atoms with Gasteiger partial charge in [-0.15, -0.1) is 0 Å². The van der Waals surface area contributed by atoms with Gasteiger partial charge in [0.2, 0.25) is 9.84 Å². The molecule has 0 aromatic heterocycles. The largest absolute Gasteiger partial charge is 0.343 e. The highest BCUT2D eigenvalue weighted by Gasteiger charge is 2.41. The molecule has 0 amide bonds. The summed E-state index contributed by atoms with van der Waals surface area (Å²) < 4.78 is 45.5. The Kier molecular flexibility index (Phi) is 2.40. The Morgan fingerprint density at radius 2 is 1.60 bits per heavy atom. The molecule has 0 spiro atoms. The highest BCUT2D eigenvalue weighted by Crippen LogP contribution is 2.24. The Morgan fingerprint density at radius 3 is 1.60 bits per heavy atom. The van der Waals surface area contributed by atoms with Gasteiger partial charge < -0.3 is 0 Å². The van der Waals surface area contributed by atoms with Gasteiger partial charge in [-0.25, -0.2) is 8.42 Å². The summed E-state index contributed by atoms with van der Waals surface area (Å²) in [5, 5.41) is -4.63. The van der Waals surface area contributed by atoms with Gasteiger partial charge in [0, 0.05) is 6.92 Å². The van der Waals surface area contributed by atoms with Crippen LogP contribution in [0, 0.1) is 0 Å². The smallest absolute Gasteiger partial charge is 0.222 e. The molecule has 0 aromatic carbocycles. The molecule has 0 aliphatic rings. The molecule has 0 saturated heterocycles. The number of halogens is 2. The van der Waals surface area contributed by atoms with Crippen LogP contribution in [-0.2, 0) is 9.84 Å². The molecule has 2 nitrogen and oxygen atoms in total. The molecule has 0 aliphatic carbocycles. The van der Waals surface area contributed by atoms with Gasteiger partial charge >= 0.3 is 5.25 Å². The Morgan fingerprint density at radius 1 is 1.30 bits per heavy atom. The van der Waals surface area contributed by atoms with E-state index in [-0.39, 0.29) is 0 Å². The van der Waals surface area contributed by atoms with Crippen LogP contribution in [0.3, 0.4) is 0 Å². The van der Waals surface area contributed by atoms with E-state index >= 15 is 0 Å². The molecule has 0 bridgehead atoms. The van der Waals surface area contributed by atoms with Crippen LogP contribution in [0.25, 0.3) is 0 Å². The van der Waals surface area contributed by atoms with Crippen LogP contribution in [-0.4, -0.2) is 18.9 Å². The van der Waals surface area contributed by atoms with E-state index < -0.39 is 20.3 Å². The van der Waals surface area contributed by atoms with Gasteiger partial charge in [-0.3, -0.25) is 0 Å². The monoisotopic (exact) mass is 172 g/mol. The van der Waals surface area contributed by atoms with Crippen molar-refractivity contribution in [2.75, 3.05) is 0 Å². The van der Waals surface area contributed by atoms with Crippen LogP contribution in [0.2, 0.25) is 0 Å². The zero-order valence-electron chi connectivity index (χ0n) is 6.06. The summed E-state index contributed by atoms with van der Waals surface area (Å²) in [5.74, 6) is 0. The van der Waals surface area contributed by atoms with Crippen molar-refractivity contribution < 1.29 is 17.2 Å². The van der Waals surface area contributed by atoms with Gasteiger partial charge in [0.1, 0.15) is 0 Å². The summed E-state index contributed by atoms with van der Waals surface area (Å²) in [6.07, 6.45) is 0. The van der Waals surface area contributed by atoms with Crippen LogP contribution >= 0.6 is 0 Å². The molecular weight excluding hydrogens is 162 g/mol. The predicted molar refractivity (Wildman–Crippen MR) is 34.7 cm³/mol. The van der Waals surface area contributed by atoms with Crippen molar-refractivity contribution in [2.24, 2.45) is 0 Å². The molecule has 10 heavy (non-hydrogen) atoms. The molecule has 0 unspecified atom stereocenters. The highest BCUT2D eigenvalue weighted by molar-refractivity contribution is 7.92. The maximum atomic E-state index is 12.2. The van der Waals surface area contributed by atoms with E-state index in [0.717, 1.165) is 0 Å². The van der Waals surface area contributed by atoms with Gasteiger partial charge in [-0.05, 0) is 13.8 Å². The third-order valence-corrected chi connectivity index (χ3v) is 3.36. The van der Waals surface area contributed by atoms with Gasteiger partial charge in [0.05, 0.1) is 5.25 Å². The second kappa shape index (κ2) is 2.45. The highest BCUT2D eigenvalue weighted by atomic mass is 32.2. The van der Waals surface area contributed by atoms with E-state index in [1.807, 2.05) is 0 Å². The predicted octanol–water partition coefficient (Wildman–Crippen LogP) is 1.42. The summed E-state index contributed by atoms with van der Waals surface area (Å²) in [7, 11) is -4.25. The molecule has 0 aliphatic heterocycles. The van der Waals surface area contributed by atoms with Crippen molar-refractivity contribution in [3.05, 3.63) is 0 Å². The molecule has 5 heteroatoms. The second-order valence-corrected chi connectivity index (χ2v) is 5.15. The molecule has 62 valence electrons. The number of alkyl halides is 2. The quantitative estimate of drug-likeness (QED) is 0.631. The first-order chi connectivity index (χ1) is 4.19. The number of hydrogen-bond donors (Lipinski definition) is 0. The second-order valence-electron chi connectivity index (χ2n) is 2.40. The summed E-state index contributed by atoms with van der Waals surface area (Å²) in [5.41, 5.74) is 0. The van der Waals surface area contributed by atoms with Gasteiger partial charge in [-0.2, -0.15) is 8.78 Å². The zero-order valence-corrected chi connectivity index (χ0v) is 6.87. The van der Waals surface area contributed by atoms with Crippen LogP contribution < -0.4 is 0 Å². The van der Waals surface area contributed by atoms with E-state index in [1.54, 1.807) is 0 Å². The normalized spacial score (nSPS) is 14.2. The first kappa shape index (κ1) is 9.81. The molecule has 0 saturated carbocycles. The third kappa shape index (κ3) is 1.65. The average molecular weight is 172 g/mol. The molecule has 0 rings (SSSR count). The van der Waals surface area contributed by atoms with Gasteiger partial charge in [0.15, 0.2) is 0 Å². The Hall–Kier alpha value is -0.190. The van der Waals surface area contributed by atoms with Crippen molar-refractivity contribution in [3.63, 3.8) is 0 Å². The van der Waals surface area contributed by atoms with E-state index in [2.05, 4.69) is 0 Å². The molecule has 0 fully saturated rings. The average Bonchev–Trinajstić information content (AvgIpc) is 1.62. The molecule has 0 aromatic rings. The first-order valence-electron chi connectivity index (χ1n) is 2.81. The van der Waals surface area contributed by atoms with E-state index in [0.29, 0.717) is 6.92 Å². The minimum atomic E-state index is -4.25. The SMILES string of the molecule is CC(C)S(=O)(=O)C(C)(F)F. The van der Waals surface area contributed by atoms with E-state index in [4.69, 9.17) is 0 Å². The summed E-state index contributed by atoms with van der Waals surface area (Å²) in [6.45, 7) is 2.85. The van der Waals surface area contributed by atoms with Crippen molar-refractivity contribution in [3.8, 4) is 0 Å². The Labute approximate surface area is 59.2 Å². The lowest BCUT2D eigenvalue weighted by molar-refractivity contribution is 0.113. The van der Waals surface area contributed by atoms with Crippen molar-refractivity contribution in [2.45, 2.75) is 31.3 Å². The van der Waals surface area contributed by atoms with Crippen LogP contribution in [0.4, 0.5) is 8.78 Å². The van der Waals surface area contributed by atoms with Crippen LogP contribution in [0.5, 0.6) is 0 Å². The van der Waals surface area contributed by atoms with Crippen molar-refractivity contribution in [1.82, 2.24) is 0 Å². The van der Waals surface area contributed by atoms with Crippen molar-refractivity contribution in [1.29, 1.82) is 0 Å². The fourth-order valence-electron chi connectivity index (χ4n) is 0.414. The minimum Gasteiger partial charge on any atom is -0.222 e. The topological polar surface area (TPSA) is 34.1 Å². The lowest BCUT2D eigenvalue weighted by Crippen LogP contribution is -2.31. The Balaban J connectivity index is 4.79. The summed E-state index contributed by atoms with van der Waals surface area (Å²) >= 11 is 0. The van der Waals surface area contributed by atoms with E-state index in [1.165, 1.54) is 13.8 Å². The maximum absolute atomic E-state index is 12.2. The number of hydrogen-bond acceptors (Lipinski definition) is 2. The molecular formula is C5H10F2O2S. The summed E-state index contributed by atoms with van der Waals surface area (Å²) in [6, 6.07) is 0. The Bertz CT molecular complexity index is 200. The van der Waals surface area contributed by atoms with Gasteiger partial charge in [-0.1, -0.05) is 0 Å².